The van der Waals surface area contributed by atoms with Gasteiger partial charge in [-0.15, -0.1) is 0 Å². The average molecular weight is 1290 g/mol. The van der Waals surface area contributed by atoms with Crippen molar-refractivity contribution in [2.45, 2.75) is 52.4 Å². The van der Waals surface area contributed by atoms with Crippen molar-refractivity contribution >= 4 is 131 Å². The number of nitrogens with zero attached hydrogens (tertiary/aromatic N) is 1. The second-order valence-electron chi connectivity index (χ2n) is 28.6. The minimum Gasteiger partial charge on any atom is -0.361 e. The summed E-state index contributed by atoms with van der Waals surface area (Å²) in [5.41, 5.74) is 25.4. The fraction of sp³-hybridized carbons (Fsp3) is 0.0918. The molecule has 0 amide bonds. The lowest BCUT2D eigenvalue weighted by Crippen LogP contribution is -2.04. The van der Waals surface area contributed by atoms with Gasteiger partial charge in [0.1, 0.15) is 0 Å². The van der Waals surface area contributed by atoms with Gasteiger partial charge in [0.05, 0.1) is 5.52 Å². The minimum absolute atomic E-state index is 0.343. The number of benzene rings is 15. The Morgan fingerprint density at radius 2 is 0.851 bits per heavy atom. The topological polar surface area (TPSA) is 44.5 Å². The lowest BCUT2D eigenvalue weighted by Gasteiger charge is -2.23. The second kappa shape index (κ2) is 24.7. The van der Waals surface area contributed by atoms with Gasteiger partial charge in [0.2, 0.25) is 0 Å². The van der Waals surface area contributed by atoms with E-state index >= 15 is 0 Å². The number of nitrogens with one attached hydrogen (secondary N) is 2. The molecule has 480 valence electrons. The van der Waals surface area contributed by atoms with Gasteiger partial charge in [-0.1, -0.05) is 269 Å². The number of aromatic nitrogens is 3. The van der Waals surface area contributed by atoms with E-state index in [1.807, 2.05) is 12.4 Å². The molecule has 3 aliphatic carbocycles. The number of pyridine rings is 1. The van der Waals surface area contributed by atoms with Gasteiger partial charge in [0, 0.05) is 46.0 Å². The van der Waals surface area contributed by atoms with Crippen molar-refractivity contribution in [3.05, 3.63) is 343 Å². The monoisotopic (exact) mass is 1290 g/mol. The van der Waals surface area contributed by atoms with Crippen molar-refractivity contribution in [1.82, 2.24) is 15.0 Å². The molecule has 0 atom stereocenters. The first-order valence-electron chi connectivity index (χ1n) is 35.8. The Hall–Kier alpha value is -12.2. The molecule has 0 bridgehead atoms. The third-order valence-corrected chi connectivity index (χ3v) is 21.9. The maximum atomic E-state index is 4.65. The highest BCUT2D eigenvalue weighted by Gasteiger charge is 2.29. The molecule has 0 saturated heterocycles. The van der Waals surface area contributed by atoms with Gasteiger partial charge in [0.15, 0.2) is 0 Å². The molecule has 15 aromatic carbocycles. The molecular formula is C98H73N3. The van der Waals surface area contributed by atoms with Crippen LogP contribution in [-0.2, 0) is 12.8 Å². The van der Waals surface area contributed by atoms with Gasteiger partial charge in [-0.2, -0.15) is 0 Å². The van der Waals surface area contributed by atoms with E-state index in [4.69, 9.17) is 0 Å². The van der Waals surface area contributed by atoms with Crippen molar-refractivity contribution in [2.24, 2.45) is 5.41 Å². The normalized spacial score (nSPS) is 14.0. The molecule has 0 saturated carbocycles. The smallest absolute Gasteiger partial charge is 0.0708 e. The number of aromatic amines is 2. The van der Waals surface area contributed by atoms with E-state index in [2.05, 4.69) is 338 Å². The van der Waals surface area contributed by atoms with Gasteiger partial charge in [0.25, 0.3) is 0 Å². The van der Waals surface area contributed by atoms with Gasteiger partial charge in [-0.05, 0) is 257 Å². The predicted molar refractivity (Wildman–Crippen MR) is 434 cm³/mol. The van der Waals surface area contributed by atoms with E-state index in [1.54, 1.807) is 0 Å². The van der Waals surface area contributed by atoms with Crippen molar-refractivity contribution < 1.29 is 0 Å². The van der Waals surface area contributed by atoms with Crippen LogP contribution in [0.3, 0.4) is 0 Å². The highest BCUT2D eigenvalue weighted by atomic mass is 14.7. The first-order chi connectivity index (χ1) is 49.8. The fourth-order valence-corrected chi connectivity index (χ4v) is 17.3. The van der Waals surface area contributed by atoms with E-state index in [9.17, 15) is 0 Å². The Kier molecular flexibility index (Phi) is 14.7. The first-order valence-corrected chi connectivity index (χ1v) is 35.8. The predicted octanol–water partition coefficient (Wildman–Crippen LogP) is 27.0. The van der Waals surface area contributed by atoms with Crippen molar-refractivity contribution in [3.8, 4) is 44.5 Å². The van der Waals surface area contributed by atoms with Crippen LogP contribution in [0.2, 0.25) is 0 Å². The molecule has 0 spiro atoms. The second-order valence-corrected chi connectivity index (χ2v) is 28.6. The zero-order chi connectivity index (χ0) is 67.1. The molecular weight excluding hydrogens is 1220 g/mol. The molecule has 0 radical (unpaired) electrons. The van der Waals surface area contributed by atoms with E-state index in [0.717, 1.165) is 44.0 Å². The maximum absolute atomic E-state index is 4.65. The molecule has 0 aliphatic heterocycles. The van der Waals surface area contributed by atoms with Gasteiger partial charge in [-0.3, -0.25) is 4.98 Å². The number of H-pyrrole nitrogens is 2. The number of allylic oxidation sites excluding steroid dienone is 4. The summed E-state index contributed by atoms with van der Waals surface area (Å²) >= 11 is 0. The Bertz CT molecular complexity index is 6320. The zero-order valence-corrected chi connectivity index (χ0v) is 56.8. The summed E-state index contributed by atoms with van der Waals surface area (Å²) in [5.74, 6) is 0. The summed E-state index contributed by atoms with van der Waals surface area (Å²) in [5, 5.41) is 22.2. The van der Waals surface area contributed by atoms with Crippen LogP contribution < -0.4 is 0 Å². The Labute approximate surface area is 588 Å². The highest BCUT2D eigenvalue weighted by molar-refractivity contribution is 6.25. The SMILES string of the molecule is C1=C(c2c3ccccc3c(-c3ccnc4ccccc34)c3ccccc23)CCc2cc3ccccc3cc21.C1=Cc2cc(-c3c4ccccc4c(-c4c[nH]c5ccccc45)c4ccccc34)ccc2CC1.CC1(C)CC=C(c2c3ccccc3c(-c3ccc4[nH]ccc4c3)c3ccccc23)C1. The molecule has 3 nitrogen and oxygen atoms in total. The van der Waals surface area contributed by atoms with Crippen LogP contribution in [0, 0.1) is 5.41 Å². The third kappa shape index (κ3) is 10.4. The van der Waals surface area contributed by atoms with Gasteiger partial charge in [-0.25, -0.2) is 0 Å². The number of hydrogen-bond acceptors (Lipinski definition) is 1. The van der Waals surface area contributed by atoms with E-state index in [1.165, 1.54) is 192 Å². The van der Waals surface area contributed by atoms with E-state index < -0.39 is 0 Å². The lowest BCUT2D eigenvalue weighted by molar-refractivity contribution is 0.403. The Morgan fingerprint density at radius 1 is 0.347 bits per heavy atom. The van der Waals surface area contributed by atoms with Crippen molar-refractivity contribution in [3.63, 3.8) is 0 Å². The largest absolute Gasteiger partial charge is 0.361 e. The number of hydrogen-bond donors (Lipinski definition) is 2. The molecule has 3 aromatic heterocycles. The van der Waals surface area contributed by atoms with E-state index in [-0.39, 0.29) is 0 Å². The van der Waals surface area contributed by atoms with E-state index in [0.29, 0.717) is 5.41 Å². The molecule has 0 unspecified atom stereocenters. The first kappa shape index (κ1) is 60.0. The van der Waals surface area contributed by atoms with Crippen molar-refractivity contribution in [2.75, 3.05) is 0 Å². The molecule has 101 heavy (non-hydrogen) atoms. The van der Waals surface area contributed by atoms with Crippen molar-refractivity contribution in [1.29, 1.82) is 0 Å². The minimum atomic E-state index is 0.343. The molecule has 3 heteroatoms. The van der Waals surface area contributed by atoms with Gasteiger partial charge >= 0.3 is 0 Å². The molecule has 21 rings (SSSR count). The highest BCUT2D eigenvalue weighted by Crippen LogP contribution is 2.51. The van der Waals surface area contributed by atoms with Crippen LogP contribution >= 0.6 is 0 Å². The average Bonchev–Trinajstić information content (AvgIpc) is 1.71. The maximum Gasteiger partial charge on any atom is 0.0708 e. The number of para-hydroxylation sites is 2. The molecule has 18 aromatic rings. The summed E-state index contributed by atoms with van der Waals surface area (Å²) in [6, 6.07) is 102. The standard InChI is InChI=1S/C37H25N.C32H23N.C29H25N/c1-2-10-25-22-28-23-27(18-17-26(28)21-24(25)9-1)36-30-12-3-5-14-32(30)37(33-15-6-4-13-31(33)36)34-19-20-38-35-16-8-7-11-29(34)35;1-2-10-22-19-23(18-17-21(22)9-1)31-25-12-3-5-14-27(25)32(28-15-6-4-13-26(28)31)29-20-33-30-16-8-7-11-24(29)30;1-29(2)15-13-21(18-29)28-24-9-5-3-7-22(24)27(23-8-4-6-10-25(23)28)20-11-12-26-19(17-20)14-16-30-26/h1-16,19-23H,17-18H2;2-8,10-20,33H,1,9H2;3-14,16-17,30H,15,18H2,1-2H3. The fourth-order valence-electron chi connectivity index (χ4n) is 17.3. The number of rotatable bonds is 6. The molecule has 3 heterocycles. The molecule has 0 fully saturated rings. The number of aryl methyl sites for hydroxylation is 2. The molecule has 3 aliphatic rings. The van der Waals surface area contributed by atoms with Crippen LogP contribution in [-0.4, -0.2) is 15.0 Å². The number of fused-ring (bicyclic) bond motifs is 12. The van der Waals surface area contributed by atoms with Crippen LogP contribution in [0.5, 0.6) is 0 Å². The van der Waals surface area contributed by atoms with Gasteiger partial charge < -0.3 is 9.97 Å². The van der Waals surface area contributed by atoms with Crippen LogP contribution in [0.4, 0.5) is 0 Å². The summed E-state index contributed by atoms with van der Waals surface area (Å²) in [6.07, 6.45) is 22.3. The quantitative estimate of drug-likeness (QED) is 0.160. The lowest BCUT2D eigenvalue weighted by atomic mass is 9.81. The summed E-state index contributed by atoms with van der Waals surface area (Å²) < 4.78 is 0. The van der Waals surface area contributed by atoms with Crippen LogP contribution in [0.1, 0.15) is 72.9 Å². The Morgan fingerprint density at radius 3 is 1.46 bits per heavy atom. The van der Waals surface area contributed by atoms with Crippen LogP contribution in [0.15, 0.2) is 310 Å². The summed E-state index contributed by atoms with van der Waals surface area (Å²) in [7, 11) is 0. The summed E-state index contributed by atoms with van der Waals surface area (Å²) in [6.45, 7) is 4.75. The Balaban J connectivity index is 0.000000106. The van der Waals surface area contributed by atoms with Crippen LogP contribution in [0.25, 0.3) is 176 Å². The summed E-state index contributed by atoms with van der Waals surface area (Å²) in [4.78, 5) is 11.5. The third-order valence-electron chi connectivity index (χ3n) is 21.9. The zero-order valence-electron chi connectivity index (χ0n) is 56.8. The molecule has 2 N–H and O–H groups in total.